The summed E-state index contributed by atoms with van der Waals surface area (Å²) in [4.78, 5) is 8.36. The lowest BCUT2D eigenvalue weighted by atomic mass is 10.1. The van der Waals surface area contributed by atoms with E-state index in [2.05, 4.69) is 44.9 Å². The fourth-order valence-corrected chi connectivity index (χ4v) is 3.09. The fourth-order valence-electron chi connectivity index (χ4n) is 3.09. The van der Waals surface area contributed by atoms with Gasteiger partial charge in [-0.25, -0.2) is 9.37 Å². The first-order chi connectivity index (χ1) is 13.6. The maximum atomic E-state index is 13.2. The fraction of sp³-hybridized carbons (Fsp3) is 0.273. The van der Waals surface area contributed by atoms with Gasteiger partial charge in [-0.05, 0) is 47.7 Å². The molecule has 0 radical (unpaired) electrons. The number of hydrogen-bond donors (Lipinski definition) is 2. The highest BCUT2D eigenvalue weighted by atomic mass is 127. The Morgan fingerprint density at radius 2 is 1.97 bits per heavy atom. The molecule has 0 aliphatic rings. The third-order valence-corrected chi connectivity index (χ3v) is 4.59. The van der Waals surface area contributed by atoms with Crippen molar-refractivity contribution in [3.63, 3.8) is 0 Å². The molecule has 1 aromatic heterocycles. The molecular formula is C22H27FIN5. The van der Waals surface area contributed by atoms with E-state index in [9.17, 15) is 4.39 Å². The minimum atomic E-state index is -0.193. The van der Waals surface area contributed by atoms with Gasteiger partial charge in [0.2, 0.25) is 0 Å². The third-order valence-electron chi connectivity index (χ3n) is 4.59. The Kier molecular flexibility index (Phi) is 9.11. The predicted octanol–water partition coefficient (Wildman–Crippen LogP) is 3.90. The number of aromatic nitrogens is 2. The molecule has 154 valence electrons. The van der Waals surface area contributed by atoms with Gasteiger partial charge in [0.1, 0.15) is 5.82 Å². The summed E-state index contributed by atoms with van der Waals surface area (Å²) in [7, 11) is 1.76. The van der Waals surface area contributed by atoms with E-state index in [4.69, 9.17) is 0 Å². The molecule has 0 spiro atoms. The Balaban J connectivity index is 0.00000300. The normalized spacial score (nSPS) is 11.1. The summed E-state index contributed by atoms with van der Waals surface area (Å²) in [6.07, 6.45) is 6.38. The number of nitrogens with zero attached hydrogens (tertiary/aromatic N) is 3. The molecule has 29 heavy (non-hydrogen) atoms. The van der Waals surface area contributed by atoms with E-state index >= 15 is 0 Å². The average molecular weight is 507 g/mol. The molecular weight excluding hydrogens is 480 g/mol. The van der Waals surface area contributed by atoms with Gasteiger partial charge in [0.15, 0.2) is 5.96 Å². The number of guanidine groups is 1. The van der Waals surface area contributed by atoms with Gasteiger partial charge in [0.05, 0.1) is 6.33 Å². The summed E-state index contributed by atoms with van der Waals surface area (Å²) < 4.78 is 15.2. The number of hydrogen-bond acceptors (Lipinski definition) is 2. The van der Waals surface area contributed by atoms with Gasteiger partial charge < -0.3 is 15.2 Å². The van der Waals surface area contributed by atoms with Crippen LogP contribution in [0.3, 0.4) is 0 Å². The molecule has 3 rings (SSSR count). The number of halogens is 2. The van der Waals surface area contributed by atoms with Crippen molar-refractivity contribution in [3.8, 4) is 0 Å². The smallest absolute Gasteiger partial charge is 0.191 e. The van der Waals surface area contributed by atoms with Gasteiger partial charge in [0, 0.05) is 39.1 Å². The van der Waals surface area contributed by atoms with Crippen LogP contribution in [0.4, 0.5) is 4.39 Å². The zero-order chi connectivity index (χ0) is 19.8. The van der Waals surface area contributed by atoms with E-state index in [1.165, 1.54) is 17.2 Å². The Morgan fingerprint density at radius 1 is 1.14 bits per heavy atom. The predicted molar refractivity (Wildman–Crippen MR) is 126 cm³/mol. The van der Waals surface area contributed by atoms with Crippen molar-refractivity contribution >= 4 is 29.9 Å². The second-order valence-electron chi connectivity index (χ2n) is 6.73. The SMILES string of the molecule is CN=C(NCCc1ccc(F)cc1C)NCc1cccc(Cn2ccnc2)c1.I. The molecule has 0 bridgehead atoms. The number of rotatable bonds is 7. The molecule has 0 atom stereocenters. The van der Waals surface area contributed by atoms with Crippen LogP contribution in [0, 0.1) is 12.7 Å². The molecule has 0 unspecified atom stereocenters. The van der Waals surface area contributed by atoms with Crippen molar-refractivity contribution in [3.05, 3.63) is 89.3 Å². The number of benzene rings is 2. The molecule has 0 amide bonds. The van der Waals surface area contributed by atoms with Crippen LogP contribution in [0.25, 0.3) is 0 Å². The highest BCUT2D eigenvalue weighted by Crippen LogP contribution is 2.10. The topological polar surface area (TPSA) is 54.2 Å². The quantitative estimate of drug-likeness (QED) is 0.290. The number of aliphatic imine (C=N–C) groups is 1. The number of nitrogens with one attached hydrogen (secondary N) is 2. The molecule has 2 aromatic carbocycles. The molecule has 0 aliphatic heterocycles. The minimum absolute atomic E-state index is 0. The Labute approximate surface area is 188 Å². The van der Waals surface area contributed by atoms with Gasteiger partial charge in [-0.2, -0.15) is 0 Å². The van der Waals surface area contributed by atoms with Crippen LogP contribution in [0.1, 0.15) is 22.3 Å². The standard InChI is InChI=1S/C22H26FN5.HI/c1-17-12-21(23)7-6-20(17)8-9-26-22(24-2)27-14-18-4-3-5-19(13-18)15-28-11-10-25-16-28;/h3-7,10-13,16H,8-9,14-15H2,1-2H3,(H2,24,26,27);1H. The molecule has 0 saturated heterocycles. The first kappa shape index (κ1) is 22.9. The number of imidazole rings is 1. The average Bonchev–Trinajstić information content (AvgIpc) is 3.19. The first-order valence-corrected chi connectivity index (χ1v) is 9.37. The lowest BCUT2D eigenvalue weighted by Gasteiger charge is -2.13. The van der Waals surface area contributed by atoms with E-state index in [1.54, 1.807) is 19.3 Å². The maximum absolute atomic E-state index is 13.2. The highest BCUT2D eigenvalue weighted by Gasteiger charge is 2.03. The maximum Gasteiger partial charge on any atom is 0.191 e. The summed E-state index contributed by atoms with van der Waals surface area (Å²) in [6.45, 7) is 4.15. The summed E-state index contributed by atoms with van der Waals surface area (Å²) >= 11 is 0. The van der Waals surface area contributed by atoms with E-state index in [1.807, 2.05) is 30.1 Å². The van der Waals surface area contributed by atoms with Crippen LogP contribution < -0.4 is 10.6 Å². The molecule has 7 heteroatoms. The molecule has 0 fully saturated rings. The van der Waals surface area contributed by atoms with Crippen LogP contribution in [-0.2, 0) is 19.5 Å². The molecule has 2 N–H and O–H groups in total. The van der Waals surface area contributed by atoms with E-state index in [0.29, 0.717) is 6.54 Å². The van der Waals surface area contributed by atoms with Gasteiger partial charge >= 0.3 is 0 Å². The van der Waals surface area contributed by atoms with Gasteiger partial charge in [-0.3, -0.25) is 4.99 Å². The van der Waals surface area contributed by atoms with Crippen molar-refractivity contribution in [1.29, 1.82) is 0 Å². The van der Waals surface area contributed by atoms with Crippen LogP contribution in [0.15, 0.2) is 66.2 Å². The monoisotopic (exact) mass is 507 g/mol. The number of aryl methyl sites for hydroxylation is 1. The summed E-state index contributed by atoms with van der Waals surface area (Å²) in [5, 5.41) is 6.66. The van der Waals surface area contributed by atoms with Crippen molar-refractivity contribution in [1.82, 2.24) is 20.2 Å². The Hall–Kier alpha value is -2.42. The third kappa shape index (κ3) is 7.16. The van der Waals surface area contributed by atoms with Crippen LogP contribution in [0.2, 0.25) is 0 Å². The molecule has 3 aromatic rings. The zero-order valence-corrected chi connectivity index (χ0v) is 19.1. The lowest BCUT2D eigenvalue weighted by molar-refractivity contribution is 0.625. The van der Waals surface area contributed by atoms with Crippen LogP contribution in [-0.4, -0.2) is 29.1 Å². The van der Waals surface area contributed by atoms with Gasteiger partial charge in [-0.1, -0.05) is 30.3 Å². The van der Waals surface area contributed by atoms with Crippen molar-refractivity contribution in [2.75, 3.05) is 13.6 Å². The summed E-state index contributed by atoms with van der Waals surface area (Å²) in [5.74, 6) is 0.557. The van der Waals surface area contributed by atoms with Crippen molar-refractivity contribution in [2.24, 2.45) is 4.99 Å². The zero-order valence-electron chi connectivity index (χ0n) is 16.7. The summed E-state index contributed by atoms with van der Waals surface area (Å²) in [5.41, 5.74) is 4.53. The largest absolute Gasteiger partial charge is 0.356 e. The minimum Gasteiger partial charge on any atom is -0.356 e. The molecule has 5 nitrogen and oxygen atoms in total. The van der Waals surface area contributed by atoms with Crippen molar-refractivity contribution < 1.29 is 4.39 Å². The molecule has 0 aliphatic carbocycles. The van der Waals surface area contributed by atoms with Crippen LogP contribution in [0.5, 0.6) is 0 Å². The first-order valence-electron chi connectivity index (χ1n) is 9.37. The second-order valence-corrected chi connectivity index (χ2v) is 6.73. The molecule has 0 saturated carbocycles. The lowest BCUT2D eigenvalue weighted by Crippen LogP contribution is -2.37. The van der Waals surface area contributed by atoms with Gasteiger partial charge in [-0.15, -0.1) is 24.0 Å². The van der Waals surface area contributed by atoms with E-state index < -0.39 is 0 Å². The van der Waals surface area contributed by atoms with Crippen LogP contribution >= 0.6 is 24.0 Å². The second kappa shape index (κ2) is 11.5. The Bertz CT molecular complexity index is 925. The summed E-state index contributed by atoms with van der Waals surface area (Å²) in [6, 6.07) is 13.4. The Morgan fingerprint density at radius 3 is 2.69 bits per heavy atom. The van der Waals surface area contributed by atoms with E-state index in [0.717, 1.165) is 36.6 Å². The van der Waals surface area contributed by atoms with E-state index in [-0.39, 0.29) is 29.8 Å². The molecule has 1 heterocycles. The van der Waals surface area contributed by atoms with Gasteiger partial charge in [0.25, 0.3) is 0 Å². The highest BCUT2D eigenvalue weighted by molar-refractivity contribution is 14.0. The van der Waals surface area contributed by atoms with Crippen molar-refractivity contribution in [2.45, 2.75) is 26.4 Å².